The second-order valence-electron chi connectivity index (χ2n) is 5.57. The van der Waals surface area contributed by atoms with Crippen molar-refractivity contribution in [2.45, 2.75) is 13.5 Å². The smallest absolute Gasteiger partial charge is 0.246 e. The summed E-state index contributed by atoms with van der Waals surface area (Å²) in [5, 5.41) is 0. The van der Waals surface area contributed by atoms with E-state index in [-0.39, 0.29) is 18.3 Å². The zero-order chi connectivity index (χ0) is 16.1. The summed E-state index contributed by atoms with van der Waals surface area (Å²) in [6.45, 7) is 6.13. The Bertz CT molecular complexity index is 675. The highest BCUT2D eigenvalue weighted by molar-refractivity contribution is 5.91. The highest BCUT2D eigenvalue weighted by atomic mass is 35.5. The van der Waals surface area contributed by atoms with Gasteiger partial charge in [-0.3, -0.25) is 4.79 Å². The van der Waals surface area contributed by atoms with Crippen LogP contribution in [0.5, 0.6) is 0 Å². The highest BCUT2D eigenvalue weighted by Gasteiger charge is 2.21. The molecule has 1 saturated heterocycles. The van der Waals surface area contributed by atoms with Crippen LogP contribution in [-0.2, 0) is 11.3 Å². The van der Waals surface area contributed by atoms with Crippen molar-refractivity contribution in [3.8, 4) is 0 Å². The van der Waals surface area contributed by atoms with E-state index in [1.165, 1.54) is 0 Å². The molecule has 1 fully saturated rings. The number of aromatic nitrogens is 2. The van der Waals surface area contributed by atoms with Gasteiger partial charge in [0, 0.05) is 51.2 Å². The number of benzene rings is 1. The third kappa shape index (κ3) is 4.17. The number of hydrogen-bond acceptors (Lipinski definition) is 3. The lowest BCUT2D eigenvalue weighted by atomic mass is 10.2. The topological polar surface area (TPSA) is 41.4 Å². The molecule has 1 aliphatic rings. The molecule has 0 spiro atoms. The van der Waals surface area contributed by atoms with Crippen LogP contribution in [0.3, 0.4) is 0 Å². The molecule has 3 rings (SSSR count). The molecule has 1 amide bonds. The van der Waals surface area contributed by atoms with Crippen LogP contribution < -0.4 is 4.90 Å². The SMILES string of the molecule is CCn1ccnc1N1CCN(C(=O)C=Cc2ccccc2)CC1.Cl. The summed E-state index contributed by atoms with van der Waals surface area (Å²) in [6, 6.07) is 9.90. The number of rotatable bonds is 4. The molecule has 1 aliphatic heterocycles. The predicted octanol–water partition coefficient (Wildman–Crippen LogP) is 2.69. The van der Waals surface area contributed by atoms with Crippen molar-refractivity contribution in [2.75, 3.05) is 31.1 Å². The van der Waals surface area contributed by atoms with Crippen LogP contribution in [0.2, 0.25) is 0 Å². The van der Waals surface area contributed by atoms with Crippen molar-refractivity contribution < 1.29 is 4.79 Å². The van der Waals surface area contributed by atoms with Gasteiger partial charge in [-0.15, -0.1) is 12.4 Å². The van der Waals surface area contributed by atoms with Crippen molar-refractivity contribution in [1.82, 2.24) is 14.5 Å². The number of aryl methyl sites for hydroxylation is 1. The normalized spacial score (nSPS) is 14.7. The minimum Gasteiger partial charge on any atom is -0.339 e. The van der Waals surface area contributed by atoms with Crippen LogP contribution in [-0.4, -0.2) is 46.5 Å². The van der Waals surface area contributed by atoms with E-state index in [1.807, 2.05) is 53.7 Å². The second-order valence-corrected chi connectivity index (χ2v) is 5.57. The fourth-order valence-corrected chi connectivity index (χ4v) is 2.80. The Labute approximate surface area is 149 Å². The Morgan fingerprint density at radius 3 is 2.54 bits per heavy atom. The number of piperazine rings is 1. The van der Waals surface area contributed by atoms with Crippen molar-refractivity contribution >= 4 is 30.3 Å². The minimum atomic E-state index is 0. The van der Waals surface area contributed by atoms with Crippen LogP contribution >= 0.6 is 12.4 Å². The molecule has 0 radical (unpaired) electrons. The standard InChI is InChI=1S/C18H22N4O.ClH/c1-2-20-11-10-19-18(20)22-14-12-21(13-15-22)17(23)9-8-16-6-4-3-5-7-16;/h3-11H,2,12-15H2,1H3;1H. The number of hydrogen-bond donors (Lipinski definition) is 0. The number of imidazole rings is 1. The van der Waals surface area contributed by atoms with Gasteiger partial charge in [0.1, 0.15) is 0 Å². The maximum absolute atomic E-state index is 12.3. The van der Waals surface area contributed by atoms with Gasteiger partial charge in [-0.2, -0.15) is 0 Å². The molecule has 1 aromatic carbocycles. The average molecular weight is 347 g/mol. The van der Waals surface area contributed by atoms with Gasteiger partial charge < -0.3 is 14.4 Å². The monoisotopic (exact) mass is 346 g/mol. The van der Waals surface area contributed by atoms with Gasteiger partial charge in [-0.25, -0.2) is 4.98 Å². The Hall–Kier alpha value is -2.27. The maximum Gasteiger partial charge on any atom is 0.246 e. The summed E-state index contributed by atoms with van der Waals surface area (Å²) in [6.07, 6.45) is 7.37. The zero-order valence-electron chi connectivity index (χ0n) is 13.8. The van der Waals surface area contributed by atoms with E-state index in [2.05, 4.69) is 21.4 Å². The number of carbonyl (C=O) groups is 1. The molecule has 5 nitrogen and oxygen atoms in total. The van der Waals surface area contributed by atoms with Crippen molar-refractivity contribution in [3.05, 3.63) is 54.4 Å². The Morgan fingerprint density at radius 1 is 1.17 bits per heavy atom. The second kappa shape index (κ2) is 8.55. The maximum atomic E-state index is 12.3. The number of anilines is 1. The largest absolute Gasteiger partial charge is 0.339 e. The number of amides is 1. The Kier molecular flexibility index (Phi) is 6.44. The summed E-state index contributed by atoms with van der Waals surface area (Å²) in [4.78, 5) is 20.9. The Balaban J connectivity index is 0.00000208. The van der Waals surface area contributed by atoms with Crippen molar-refractivity contribution in [2.24, 2.45) is 0 Å². The van der Waals surface area contributed by atoms with Crippen molar-refractivity contribution in [3.63, 3.8) is 0 Å². The quantitative estimate of drug-likeness (QED) is 0.799. The number of halogens is 1. The minimum absolute atomic E-state index is 0. The van der Waals surface area contributed by atoms with Crippen LogP contribution in [0, 0.1) is 0 Å². The molecule has 0 N–H and O–H groups in total. The van der Waals surface area contributed by atoms with E-state index in [0.717, 1.165) is 44.2 Å². The first kappa shape index (κ1) is 18.1. The molecule has 0 aliphatic carbocycles. The molecule has 24 heavy (non-hydrogen) atoms. The summed E-state index contributed by atoms with van der Waals surface area (Å²) in [5.74, 6) is 1.08. The van der Waals surface area contributed by atoms with E-state index in [1.54, 1.807) is 6.08 Å². The molecule has 6 heteroatoms. The van der Waals surface area contributed by atoms with E-state index >= 15 is 0 Å². The van der Waals surface area contributed by atoms with Crippen LogP contribution in [0.15, 0.2) is 48.8 Å². The predicted molar refractivity (Wildman–Crippen MR) is 99.4 cm³/mol. The molecular weight excluding hydrogens is 324 g/mol. The van der Waals surface area contributed by atoms with Gasteiger partial charge >= 0.3 is 0 Å². The van der Waals surface area contributed by atoms with E-state index < -0.39 is 0 Å². The van der Waals surface area contributed by atoms with Gasteiger partial charge in [0.05, 0.1) is 0 Å². The lowest BCUT2D eigenvalue weighted by molar-refractivity contribution is -0.126. The first-order valence-corrected chi connectivity index (χ1v) is 8.06. The molecule has 0 bridgehead atoms. The molecule has 1 aromatic heterocycles. The number of carbonyl (C=O) groups excluding carboxylic acids is 1. The van der Waals surface area contributed by atoms with Gasteiger partial charge in [0.2, 0.25) is 11.9 Å². The average Bonchev–Trinajstić information content (AvgIpc) is 3.09. The Morgan fingerprint density at radius 2 is 1.88 bits per heavy atom. The number of nitrogens with zero attached hydrogens (tertiary/aromatic N) is 4. The fourth-order valence-electron chi connectivity index (χ4n) is 2.80. The van der Waals surface area contributed by atoms with E-state index in [4.69, 9.17) is 0 Å². The van der Waals surface area contributed by atoms with Gasteiger partial charge in [0.15, 0.2) is 0 Å². The summed E-state index contributed by atoms with van der Waals surface area (Å²) in [7, 11) is 0. The lowest BCUT2D eigenvalue weighted by Crippen LogP contribution is -2.49. The molecule has 0 saturated carbocycles. The third-order valence-electron chi connectivity index (χ3n) is 4.13. The molecule has 2 heterocycles. The molecular formula is C18H23ClN4O. The molecule has 0 unspecified atom stereocenters. The first-order chi connectivity index (χ1) is 11.3. The third-order valence-corrected chi connectivity index (χ3v) is 4.13. The fraction of sp³-hybridized carbons (Fsp3) is 0.333. The van der Waals surface area contributed by atoms with E-state index in [0.29, 0.717) is 0 Å². The van der Waals surface area contributed by atoms with Crippen LogP contribution in [0.4, 0.5) is 5.95 Å². The van der Waals surface area contributed by atoms with E-state index in [9.17, 15) is 4.79 Å². The van der Waals surface area contributed by atoms with Gasteiger partial charge in [-0.05, 0) is 18.6 Å². The lowest BCUT2D eigenvalue weighted by Gasteiger charge is -2.35. The van der Waals surface area contributed by atoms with Crippen LogP contribution in [0.25, 0.3) is 6.08 Å². The van der Waals surface area contributed by atoms with Gasteiger partial charge in [-0.1, -0.05) is 30.3 Å². The summed E-state index contributed by atoms with van der Waals surface area (Å²) >= 11 is 0. The molecule has 0 atom stereocenters. The van der Waals surface area contributed by atoms with Crippen LogP contribution in [0.1, 0.15) is 12.5 Å². The summed E-state index contributed by atoms with van der Waals surface area (Å²) in [5.41, 5.74) is 1.05. The summed E-state index contributed by atoms with van der Waals surface area (Å²) < 4.78 is 2.13. The highest BCUT2D eigenvalue weighted by Crippen LogP contribution is 2.14. The van der Waals surface area contributed by atoms with Crippen molar-refractivity contribution in [1.29, 1.82) is 0 Å². The first-order valence-electron chi connectivity index (χ1n) is 8.06. The van der Waals surface area contributed by atoms with Gasteiger partial charge in [0.25, 0.3) is 0 Å². The molecule has 128 valence electrons. The zero-order valence-corrected chi connectivity index (χ0v) is 14.7. The molecule has 2 aromatic rings.